The van der Waals surface area contributed by atoms with E-state index in [1.54, 1.807) is 0 Å². The Morgan fingerprint density at radius 1 is 1.54 bits per heavy atom. The van der Waals surface area contributed by atoms with Crippen LogP contribution in [0, 0.1) is 0 Å². The van der Waals surface area contributed by atoms with Gasteiger partial charge in [-0.15, -0.1) is 0 Å². The zero-order valence-electron chi connectivity index (χ0n) is 6.25. The molecule has 2 N–H and O–H groups in total. The van der Waals surface area contributed by atoms with E-state index < -0.39 is 29.1 Å². The van der Waals surface area contributed by atoms with Gasteiger partial charge in [-0.1, -0.05) is 0 Å². The minimum atomic E-state index is -3.09. The van der Waals surface area contributed by atoms with Crippen LogP contribution in [0.5, 0.6) is 0 Å². The fourth-order valence-corrected chi connectivity index (χ4v) is 0.894. The van der Waals surface area contributed by atoms with Crippen molar-refractivity contribution in [1.82, 2.24) is 4.98 Å². The van der Waals surface area contributed by atoms with Crippen molar-refractivity contribution in [1.29, 1.82) is 0 Å². The van der Waals surface area contributed by atoms with Gasteiger partial charge in [0.1, 0.15) is 0 Å². The number of pyridine rings is 1. The van der Waals surface area contributed by atoms with Crippen LogP contribution < -0.4 is 5.56 Å². The molecule has 0 spiro atoms. The topological polar surface area (TPSA) is 70.2 Å². The maximum Gasteiger partial charge on any atom is 0.336 e. The molecule has 13 heavy (non-hydrogen) atoms. The number of carbonyl (C=O) groups is 1. The van der Waals surface area contributed by atoms with Gasteiger partial charge in [-0.2, -0.15) is 0 Å². The average molecular weight is 189 g/mol. The predicted molar refractivity (Wildman–Crippen MR) is 39.0 cm³/mol. The van der Waals surface area contributed by atoms with Crippen molar-refractivity contribution in [3.8, 4) is 0 Å². The standard InChI is InChI=1S/C7H5F2NO3/c8-5(9)4-3(7(12)13)1-2-10-6(4)11/h1-2,5H,(H,10,11)(H,12,13). The highest BCUT2D eigenvalue weighted by atomic mass is 19.3. The van der Waals surface area contributed by atoms with E-state index in [4.69, 9.17) is 5.11 Å². The van der Waals surface area contributed by atoms with Crippen LogP contribution in [0.2, 0.25) is 0 Å². The second-order valence-electron chi connectivity index (χ2n) is 2.24. The van der Waals surface area contributed by atoms with E-state index in [2.05, 4.69) is 0 Å². The van der Waals surface area contributed by atoms with Crippen LogP contribution in [0.3, 0.4) is 0 Å². The number of aromatic amines is 1. The molecule has 0 saturated heterocycles. The maximum absolute atomic E-state index is 12.2. The number of nitrogens with one attached hydrogen (secondary N) is 1. The second-order valence-corrected chi connectivity index (χ2v) is 2.24. The Kier molecular flexibility index (Phi) is 2.41. The smallest absolute Gasteiger partial charge is 0.336 e. The lowest BCUT2D eigenvalue weighted by Crippen LogP contribution is -2.17. The fourth-order valence-electron chi connectivity index (χ4n) is 0.894. The molecule has 0 aliphatic carbocycles. The minimum absolute atomic E-state index is 0.668. The lowest BCUT2D eigenvalue weighted by atomic mass is 10.1. The predicted octanol–water partition coefficient (Wildman–Crippen LogP) is 1.01. The highest BCUT2D eigenvalue weighted by Crippen LogP contribution is 2.18. The summed E-state index contributed by atoms with van der Waals surface area (Å²) in [6.07, 6.45) is -2.08. The van der Waals surface area contributed by atoms with Crippen molar-refractivity contribution in [2.45, 2.75) is 6.43 Å². The normalized spacial score (nSPS) is 10.4. The number of carboxylic acids is 1. The summed E-state index contributed by atoms with van der Waals surface area (Å²) >= 11 is 0. The SMILES string of the molecule is O=C(O)c1cc[nH]c(=O)c1C(F)F. The van der Waals surface area contributed by atoms with Crippen LogP contribution in [-0.4, -0.2) is 16.1 Å². The van der Waals surface area contributed by atoms with Gasteiger partial charge in [0.25, 0.3) is 12.0 Å². The summed E-state index contributed by atoms with van der Waals surface area (Å²) in [6.45, 7) is 0. The molecule has 1 rings (SSSR count). The molecule has 0 aliphatic heterocycles. The third-order valence-corrected chi connectivity index (χ3v) is 1.45. The first-order chi connectivity index (χ1) is 6.04. The van der Waals surface area contributed by atoms with E-state index in [0.29, 0.717) is 0 Å². The Hall–Kier alpha value is -1.72. The highest BCUT2D eigenvalue weighted by molar-refractivity contribution is 5.89. The zero-order chi connectivity index (χ0) is 10.0. The van der Waals surface area contributed by atoms with Crippen molar-refractivity contribution >= 4 is 5.97 Å². The number of H-pyrrole nitrogens is 1. The molecule has 1 heterocycles. The summed E-state index contributed by atoms with van der Waals surface area (Å²) in [4.78, 5) is 23.2. The van der Waals surface area contributed by atoms with Crippen molar-refractivity contribution in [2.75, 3.05) is 0 Å². The first kappa shape index (κ1) is 9.37. The number of alkyl halides is 2. The number of rotatable bonds is 2. The molecule has 4 nitrogen and oxygen atoms in total. The molecule has 0 amide bonds. The van der Waals surface area contributed by atoms with Gasteiger partial charge in [-0.05, 0) is 6.07 Å². The van der Waals surface area contributed by atoms with E-state index >= 15 is 0 Å². The molecular formula is C7H5F2NO3. The van der Waals surface area contributed by atoms with Crippen LogP contribution >= 0.6 is 0 Å². The average Bonchev–Trinajstić information content (AvgIpc) is 2.02. The van der Waals surface area contributed by atoms with Crippen LogP contribution in [0.1, 0.15) is 22.3 Å². The molecule has 1 aromatic rings. The Bertz CT molecular complexity index is 386. The summed E-state index contributed by atoms with van der Waals surface area (Å²) in [6, 6.07) is 0.922. The van der Waals surface area contributed by atoms with Crippen LogP contribution in [-0.2, 0) is 0 Å². The Balaban J connectivity index is 3.43. The Morgan fingerprint density at radius 2 is 2.15 bits per heavy atom. The third-order valence-electron chi connectivity index (χ3n) is 1.45. The molecule has 0 bridgehead atoms. The van der Waals surface area contributed by atoms with Crippen LogP contribution in [0.15, 0.2) is 17.1 Å². The maximum atomic E-state index is 12.2. The molecule has 0 radical (unpaired) electrons. The van der Waals surface area contributed by atoms with Crippen molar-refractivity contribution in [3.05, 3.63) is 33.7 Å². The summed E-state index contributed by atoms with van der Waals surface area (Å²) in [7, 11) is 0. The summed E-state index contributed by atoms with van der Waals surface area (Å²) in [5.41, 5.74) is -2.75. The highest BCUT2D eigenvalue weighted by Gasteiger charge is 2.20. The monoisotopic (exact) mass is 189 g/mol. The first-order valence-corrected chi connectivity index (χ1v) is 3.27. The van der Waals surface area contributed by atoms with Gasteiger partial charge in [0.15, 0.2) is 0 Å². The molecule has 70 valence electrons. The van der Waals surface area contributed by atoms with Gasteiger partial charge in [0.2, 0.25) is 0 Å². The molecule has 6 heteroatoms. The number of halogens is 2. The lowest BCUT2D eigenvalue weighted by molar-refractivity contribution is 0.0683. The van der Waals surface area contributed by atoms with Gasteiger partial charge in [-0.25, -0.2) is 13.6 Å². The molecule has 0 aliphatic rings. The van der Waals surface area contributed by atoms with E-state index in [1.165, 1.54) is 0 Å². The van der Waals surface area contributed by atoms with Gasteiger partial charge in [-0.3, -0.25) is 4.79 Å². The van der Waals surface area contributed by atoms with E-state index in [0.717, 1.165) is 12.3 Å². The Labute approximate surface area is 70.8 Å². The molecule has 0 saturated carbocycles. The lowest BCUT2D eigenvalue weighted by Gasteiger charge is -2.01. The Morgan fingerprint density at radius 3 is 2.54 bits per heavy atom. The van der Waals surface area contributed by atoms with Gasteiger partial charge in [0, 0.05) is 6.20 Å². The number of hydrogen-bond acceptors (Lipinski definition) is 2. The summed E-state index contributed by atoms with van der Waals surface area (Å²) in [5.74, 6) is -1.54. The number of aromatic carboxylic acids is 1. The van der Waals surface area contributed by atoms with E-state index in [1.807, 2.05) is 4.98 Å². The van der Waals surface area contributed by atoms with Crippen LogP contribution in [0.25, 0.3) is 0 Å². The molecule has 0 unspecified atom stereocenters. The molecular weight excluding hydrogens is 184 g/mol. The molecule has 0 atom stereocenters. The van der Waals surface area contributed by atoms with E-state index in [9.17, 15) is 18.4 Å². The van der Waals surface area contributed by atoms with Crippen molar-refractivity contribution in [2.24, 2.45) is 0 Å². The molecule has 0 aromatic carbocycles. The quantitative estimate of drug-likeness (QED) is 0.729. The van der Waals surface area contributed by atoms with Crippen molar-refractivity contribution in [3.63, 3.8) is 0 Å². The largest absolute Gasteiger partial charge is 0.478 e. The van der Waals surface area contributed by atoms with Gasteiger partial charge in [0.05, 0.1) is 11.1 Å². The first-order valence-electron chi connectivity index (χ1n) is 3.27. The summed E-state index contributed by atoms with van der Waals surface area (Å²) < 4.78 is 24.3. The third kappa shape index (κ3) is 1.71. The van der Waals surface area contributed by atoms with Gasteiger partial charge >= 0.3 is 5.97 Å². The minimum Gasteiger partial charge on any atom is -0.478 e. The van der Waals surface area contributed by atoms with Crippen LogP contribution in [0.4, 0.5) is 8.78 Å². The second kappa shape index (κ2) is 3.34. The van der Waals surface area contributed by atoms with Crippen molar-refractivity contribution < 1.29 is 18.7 Å². The van der Waals surface area contributed by atoms with E-state index in [-0.39, 0.29) is 0 Å². The number of hydrogen-bond donors (Lipinski definition) is 2. The summed E-state index contributed by atoms with van der Waals surface area (Å²) in [5, 5.41) is 8.45. The number of aromatic nitrogens is 1. The molecule has 1 aromatic heterocycles. The fraction of sp³-hybridized carbons (Fsp3) is 0.143. The number of carboxylic acid groups (broad SMARTS) is 1. The zero-order valence-corrected chi connectivity index (χ0v) is 6.25. The molecule has 0 fully saturated rings. The van der Waals surface area contributed by atoms with Gasteiger partial charge < -0.3 is 10.1 Å².